The summed E-state index contributed by atoms with van der Waals surface area (Å²) in [5, 5.41) is 0. The number of aromatic amines is 1. The van der Waals surface area contributed by atoms with Crippen molar-refractivity contribution in [2.45, 2.75) is 13.0 Å². The third kappa shape index (κ3) is 3.17. The van der Waals surface area contributed by atoms with E-state index in [1.807, 2.05) is 12.1 Å². The van der Waals surface area contributed by atoms with Crippen LogP contribution < -0.4 is 19.6 Å². The first-order chi connectivity index (χ1) is 12.1. The van der Waals surface area contributed by atoms with Gasteiger partial charge in [0.05, 0.1) is 21.3 Å². The molecule has 25 heavy (non-hydrogen) atoms. The second kappa shape index (κ2) is 6.88. The van der Waals surface area contributed by atoms with Gasteiger partial charge >= 0.3 is 0 Å². The lowest BCUT2D eigenvalue weighted by Gasteiger charge is -2.29. The minimum absolute atomic E-state index is 0.178. The zero-order valence-corrected chi connectivity index (χ0v) is 14.4. The third-order valence-electron chi connectivity index (χ3n) is 4.33. The van der Waals surface area contributed by atoms with Gasteiger partial charge in [0.15, 0.2) is 17.2 Å². The number of hydrogen-bond acceptors (Lipinski definition) is 5. The molecule has 2 heterocycles. The lowest BCUT2D eigenvalue weighted by atomic mass is 9.98. The zero-order valence-electron chi connectivity index (χ0n) is 14.4. The Morgan fingerprint density at radius 1 is 1.00 bits per heavy atom. The summed E-state index contributed by atoms with van der Waals surface area (Å²) in [4.78, 5) is 29.1. The molecule has 0 bridgehead atoms. The Morgan fingerprint density at radius 2 is 1.64 bits per heavy atom. The first kappa shape index (κ1) is 16.9. The third-order valence-corrected chi connectivity index (χ3v) is 4.33. The van der Waals surface area contributed by atoms with Gasteiger partial charge < -0.3 is 24.1 Å². The van der Waals surface area contributed by atoms with Crippen LogP contribution in [0.4, 0.5) is 0 Å². The molecule has 0 unspecified atom stereocenters. The molecule has 0 radical (unpaired) electrons. The van der Waals surface area contributed by atoms with Crippen molar-refractivity contribution in [3.8, 4) is 17.2 Å². The van der Waals surface area contributed by atoms with Gasteiger partial charge in [-0.15, -0.1) is 0 Å². The average molecular weight is 344 g/mol. The molecule has 1 aromatic carbocycles. The maximum absolute atomic E-state index is 12.7. The van der Waals surface area contributed by atoms with E-state index in [4.69, 9.17) is 14.2 Å². The van der Waals surface area contributed by atoms with Crippen LogP contribution >= 0.6 is 0 Å². The van der Waals surface area contributed by atoms with Crippen molar-refractivity contribution in [2.75, 3.05) is 27.9 Å². The Labute approximate surface area is 145 Å². The predicted molar refractivity (Wildman–Crippen MR) is 91.6 cm³/mol. The fourth-order valence-corrected chi connectivity index (χ4v) is 2.97. The summed E-state index contributed by atoms with van der Waals surface area (Å²) in [7, 11) is 4.59. The molecule has 1 aliphatic heterocycles. The number of nitrogens with zero attached hydrogens (tertiary/aromatic N) is 1. The van der Waals surface area contributed by atoms with Gasteiger partial charge in [-0.3, -0.25) is 9.59 Å². The highest BCUT2D eigenvalue weighted by atomic mass is 16.5. The molecule has 2 aromatic rings. The largest absolute Gasteiger partial charge is 0.493 e. The van der Waals surface area contributed by atoms with E-state index < -0.39 is 0 Å². The molecule has 7 heteroatoms. The summed E-state index contributed by atoms with van der Waals surface area (Å²) in [5.74, 6) is 1.27. The number of carbonyl (C=O) groups excluding carboxylic acids is 1. The molecule has 0 fully saturated rings. The fourth-order valence-electron chi connectivity index (χ4n) is 2.97. The highest BCUT2D eigenvalue weighted by molar-refractivity contribution is 5.92. The van der Waals surface area contributed by atoms with E-state index in [1.165, 1.54) is 19.4 Å². The molecular weight excluding hydrogens is 324 g/mol. The summed E-state index contributed by atoms with van der Waals surface area (Å²) in [6.07, 6.45) is 2.11. The molecule has 1 amide bonds. The number of ether oxygens (including phenoxy) is 3. The molecule has 3 rings (SSSR count). The van der Waals surface area contributed by atoms with Crippen LogP contribution in [0.3, 0.4) is 0 Å². The van der Waals surface area contributed by atoms with Crippen molar-refractivity contribution in [1.29, 1.82) is 0 Å². The Hall–Kier alpha value is -2.96. The van der Waals surface area contributed by atoms with Crippen LogP contribution in [0.2, 0.25) is 0 Å². The Bertz CT molecular complexity index is 859. The molecule has 1 aliphatic rings. The number of aromatic nitrogens is 1. The maximum Gasteiger partial charge on any atom is 0.270 e. The standard InChI is InChI=1S/C18H20N2O5/c1-23-15-6-11-4-5-20(10-12(11)7-16(15)24-2)18(22)13-8-14(21)17(25-3)9-19-13/h6-9H,4-5,10H2,1-3H3,(H,19,21). The van der Waals surface area contributed by atoms with E-state index in [1.54, 1.807) is 19.1 Å². The lowest BCUT2D eigenvalue weighted by molar-refractivity contribution is 0.0728. The first-order valence-electron chi connectivity index (χ1n) is 7.87. The highest BCUT2D eigenvalue weighted by Crippen LogP contribution is 2.33. The highest BCUT2D eigenvalue weighted by Gasteiger charge is 2.24. The number of carbonyl (C=O) groups is 1. The van der Waals surface area contributed by atoms with Crippen molar-refractivity contribution in [3.63, 3.8) is 0 Å². The molecule has 0 aliphatic carbocycles. The van der Waals surface area contributed by atoms with Gasteiger partial charge in [0.1, 0.15) is 5.69 Å². The van der Waals surface area contributed by atoms with Crippen molar-refractivity contribution < 1.29 is 19.0 Å². The summed E-state index contributed by atoms with van der Waals surface area (Å²) in [5.41, 5.74) is 2.06. The molecule has 7 nitrogen and oxygen atoms in total. The van der Waals surface area contributed by atoms with Crippen molar-refractivity contribution in [2.24, 2.45) is 0 Å². The van der Waals surface area contributed by atoms with E-state index in [2.05, 4.69) is 4.98 Å². The predicted octanol–water partition coefficient (Wildman–Crippen LogP) is 1.60. The van der Waals surface area contributed by atoms with Crippen LogP contribution in [-0.4, -0.2) is 43.7 Å². The minimum atomic E-state index is -0.326. The summed E-state index contributed by atoms with van der Waals surface area (Å²) in [6, 6.07) is 5.11. The number of H-pyrrole nitrogens is 1. The van der Waals surface area contributed by atoms with Gasteiger partial charge in [0.25, 0.3) is 5.91 Å². The average Bonchev–Trinajstić information content (AvgIpc) is 2.65. The van der Waals surface area contributed by atoms with Crippen LogP contribution in [-0.2, 0) is 13.0 Å². The molecule has 1 N–H and O–H groups in total. The van der Waals surface area contributed by atoms with Crippen LogP contribution in [0.15, 0.2) is 29.2 Å². The number of benzene rings is 1. The van der Waals surface area contributed by atoms with Crippen molar-refractivity contribution in [1.82, 2.24) is 9.88 Å². The molecular formula is C18H20N2O5. The molecule has 0 spiro atoms. The number of pyridine rings is 1. The Balaban J connectivity index is 1.85. The summed E-state index contributed by atoms with van der Waals surface area (Å²) in [6.45, 7) is 1.01. The van der Waals surface area contributed by atoms with Gasteiger partial charge in [-0.1, -0.05) is 0 Å². The topological polar surface area (TPSA) is 80.9 Å². The van der Waals surface area contributed by atoms with E-state index in [-0.39, 0.29) is 22.8 Å². The van der Waals surface area contributed by atoms with Gasteiger partial charge in [-0.2, -0.15) is 0 Å². The molecule has 0 saturated carbocycles. The number of amides is 1. The monoisotopic (exact) mass is 344 g/mol. The van der Waals surface area contributed by atoms with Gasteiger partial charge in [-0.05, 0) is 29.7 Å². The number of fused-ring (bicyclic) bond motifs is 1. The molecule has 132 valence electrons. The van der Waals surface area contributed by atoms with E-state index in [0.29, 0.717) is 31.0 Å². The first-order valence-corrected chi connectivity index (χ1v) is 7.87. The summed E-state index contributed by atoms with van der Waals surface area (Å²) < 4.78 is 15.6. The fraction of sp³-hybridized carbons (Fsp3) is 0.333. The SMILES string of the molecule is COc1cc2c(cc1OC)CN(C(=O)c1cc(=O)c(OC)c[nH]1)CC2. The van der Waals surface area contributed by atoms with Gasteiger partial charge in [-0.25, -0.2) is 0 Å². The number of methoxy groups -OCH3 is 3. The quantitative estimate of drug-likeness (QED) is 0.911. The number of rotatable bonds is 4. The zero-order chi connectivity index (χ0) is 18.0. The Kier molecular flexibility index (Phi) is 4.65. The van der Waals surface area contributed by atoms with E-state index in [9.17, 15) is 9.59 Å². The van der Waals surface area contributed by atoms with E-state index >= 15 is 0 Å². The van der Waals surface area contributed by atoms with Gasteiger partial charge in [0.2, 0.25) is 5.43 Å². The normalized spacial score (nSPS) is 13.2. The van der Waals surface area contributed by atoms with E-state index in [0.717, 1.165) is 11.1 Å². The lowest BCUT2D eigenvalue weighted by Crippen LogP contribution is -2.36. The Morgan fingerprint density at radius 3 is 2.24 bits per heavy atom. The van der Waals surface area contributed by atoms with Gasteiger partial charge in [0, 0.05) is 25.4 Å². The second-order valence-electron chi connectivity index (χ2n) is 5.73. The van der Waals surface area contributed by atoms with Crippen LogP contribution in [0, 0.1) is 0 Å². The van der Waals surface area contributed by atoms with Crippen molar-refractivity contribution in [3.05, 3.63) is 51.4 Å². The molecule has 0 atom stereocenters. The number of hydrogen-bond donors (Lipinski definition) is 1. The van der Waals surface area contributed by atoms with Crippen molar-refractivity contribution >= 4 is 5.91 Å². The minimum Gasteiger partial charge on any atom is -0.493 e. The molecule has 0 saturated heterocycles. The van der Waals surface area contributed by atoms with Crippen LogP contribution in [0.1, 0.15) is 21.6 Å². The maximum atomic E-state index is 12.7. The van der Waals surface area contributed by atoms with Crippen LogP contribution in [0.25, 0.3) is 0 Å². The second-order valence-corrected chi connectivity index (χ2v) is 5.73. The smallest absolute Gasteiger partial charge is 0.270 e. The number of nitrogens with one attached hydrogen (secondary N) is 1. The van der Waals surface area contributed by atoms with Crippen LogP contribution in [0.5, 0.6) is 17.2 Å². The molecule has 1 aromatic heterocycles. The summed E-state index contributed by atoms with van der Waals surface area (Å²) >= 11 is 0.